The topological polar surface area (TPSA) is 76.8 Å². The summed E-state index contributed by atoms with van der Waals surface area (Å²) in [6, 6.07) is 0.337. The maximum atomic E-state index is 12.0. The van der Waals surface area contributed by atoms with Gasteiger partial charge in [0.15, 0.2) is 0 Å². The molecule has 1 aliphatic heterocycles. The second-order valence-electron chi connectivity index (χ2n) is 7.07. The van der Waals surface area contributed by atoms with Gasteiger partial charge in [-0.3, -0.25) is 0 Å². The Morgan fingerprint density at radius 3 is 2.77 bits per heavy atom. The highest BCUT2D eigenvalue weighted by atomic mass is 16.6. The molecule has 2 unspecified atom stereocenters. The van der Waals surface area contributed by atoms with Crippen molar-refractivity contribution >= 4 is 6.09 Å². The van der Waals surface area contributed by atoms with E-state index in [0.717, 1.165) is 38.9 Å². The number of hydrogen-bond acceptors (Lipinski definition) is 5. The van der Waals surface area contributed by atoms with Gasteiger partial charge in [-0.25, -0.2) is 4.79 Å². The summed E-state index contributed by atoms with van der Waals surface area (Å²) in [5, 5.41) is 3.55. The number of likely N-dealkylation sites (tertiary alicyclic amines) is 1. The number of rotatable bonds is 8. The Hall–Kier alpha value is -0.850. The van der Waals surface area contributed by atoms with E-state index in [9.17, 15) is 4.79 Å². The van der Waals surface area contributed by atoms with Crippen molar-refractivity contribution in [2.45, 2.75) is 51.7 Å². The van der Waals surface area contributed by atoms with Crippen molar-refractivity contribution in [2.24, 2.45) is 11.7 Å². The van der Waals surface area contributed by atoms with Gasteiger partial charge in [0.1, 0.15) is 5.60 Å². The SMILES string of the molecule is COCC(CCCN)NCC1CCN(C(=O)OC(C)(C)C)C1. The molecule has 0 aromatic rings. The minimum Gasteiger partial charge on any atom is -0.444 e. The predicted octanol–water partition coefficient (Wildman–Crippen LogP) is 1.59. The van der Waals surface area contributed by atoms with Gasteiger partial charge in [-0.05, 0) is 52.5 Å². The van der Waals surface area contributed by atoms with E-state index in [4.69, 9.17) is 15.2 Å². The molecular formula is C16H33N3O3. The molecule has 3 N–H and O–H groups in total. The van der Waals surface area contributed by atoms with Crippen LogP contribution in [0.3, 0.4) is 0 Å². The molecule has 6 heteroatoms. The molecule has 1 amide bonds. The molecule has 0 spiro atoms. The highest BCUT2D eigenvalue weighted by Gasteiger charge is 2.29. The Balaban J connectivity index is 2.32. The summed E-state index contributed by atoms with van der Waals surface area (Å²) in [5.74, 6) is 0.477. The normalized spacial score (nSPS) is 20.2. The molecule has 130 valence electrons. The number of nitrogens with zero attached hydrogens (tertiary/aromatic N) is 1. The first-order chi connectivity index (χ1) is 10.4. The van der Waals surface area contributed by atoms with Gasteiger partial charge in [-0.1, -0.05) is 0 Å². The third kappa shape index (κ3) is 7.42. The molecule has 0 aromatic heterocycles. The van der Waals surface area contributed by atoms with Crippen molar-refractivity contribution in [1.82, 2.24) is 10.2 Å². The number of carbonyl (C=O) groups is 1. The van der Waals surface area contributed by atoms with E-state index < -0.39 is 5.60 Å². The maximum absolute atomic E-state index is 12.0. The standard InChI is InChI=1S/C16H33N3O3/c1-16(2,3)22-15(20)19-9-7-13(11-19)10-18-14(12-21-4)6-5-8-17/h13-14,18H,5-12,17H2,1-4H3. The van der Waals surface area contributed by atoms with Crippen LogP contribution < -0.4 is 11.1 Å². The van der Waals surface area contributed by atoms with Crippen LogP contribution in [0.2, 0.25) is 0 Å². The Kier molecular flexibility index (Phi) is 8.14. The number of methoxy groups -OCH3 is 1. The molecule has 1 saturated heterocycles. The Bertz CT molecular complexity index is 331. The molecule has 22 heavy (non-hydrogen) atoms. The van der Waals surface area contributed by atoms with Crippen molar-refractivity contribution in [3.63, 3.8) is 0 Å². The van der Waals surface area contributed by atoms with E-state index in [1.807, 2.05) is 25.7 Å². The lowest BCUT2D eigenvalue weighted by Gasteiger charge is -2.24. The average Bonchev–Trinajstić information content (AvgIpc) is 2.89. The first-order valence-electron chi connectivity index (χ1n) is 8.26. The van der Waals surface area contributed by atoms with Crippen LogP contribution in [-0.4, -0.2) is 62.5 Å². The predicted molar refractivity (Wildman–Crippen MR) is 87.9 cm³/mol. The van der Waals surface area contributed by atoms with Gasteiger partial charge in [0.05, 0.1) is 6.61 Å². The highest BCUT2D eigenvalue weighted by molar-refractivity contribution is 5.68. The summed E-state index contributed by atoms with van der Waals surface area (Å²) in [6.07, 6.45) is 2.83. The van der Waals surface area contributed by atoms with E-state index in [1.165, 1.54) is 0 Å². The Labute approximate surface area is 134 Å². The Morgan fingerprint density at radius 1 is 1.45 bits per heavy atom. The first-order valence-corrected chi connectivity index (χ1v) is 8.26. The van der Waals surface area contributed by atoms with Gasteiger partial charge < -0.3 is 25.4 Å². The maximum Gasteiger partial charge on any atom is 0.410 e. The molecule has 0 aromatic carbocycles. The molecule has 0 radical (unpaired) electrons. The summed E-state index contributed by atoms with van der Waals surface area (Å²) in [4.78, 5) is 13.8. The van der Waals surface area contributed by atoms with E-state index >= 15 is 0 Å². The fourth-order valence-corrected chi connectivity index (χ4v) is 2.63. The van der Waals surface area contributed by atoms with E-state index in [0.29, 0.717) is 25.1 Å². The smallest absolute Gasteiger partial charge is 0.410 e. The highest BCUT2D eigenvalue weighted by Crippen LogP contribution is 2.19. The fourth-order valence-electron chi connectivity index (χ4n) is 2.63. The minimum absolute atomic E-state index is 0.202. The number of ether oxygens (including phenoxy) is 2. The van der Waals surface area contributed by atoms with Gasteiger partial charge in [0, 0.05) is 32.8 Å². The van der Waals surface area contributed by atoms with Gasteiger partial charge in [0.2, 0.25) is 0 Å². The summed E-state index contributed by atoms with van der Waals surface area (Å²) < 4.78 is 10.7. The van der Waals surface area contributed by atoms with Gasteiger partial charge in [-0.2, -0.15) is 0 Å². The third-order valence-corrected chi connectivity index (χ3v) is 3.76. The monoisotopic (exact) mass is 315 g/mol. The number of hydrogen-bond donors (Lipinski definition) is 2. The molecule has 1 heterocycles. The van der Waals surface area contributed by atoms with Crippen molar-refractivity contribution in [1.29, 1.82) is 0 Å². The summed E-state index contributed by atoms with van der Waals surface area (Å²) >= 11 is 0. The fraction of sp³-hybridized carbons (Fsp3) is 0.938. The van der Waals surface area contributed by atoms with Crippen LogP contribution in [0.25, 0.3) is 0 Å². The van der Waals surface area contributed by atoms with Crippen LogP contribution in [0, 0.1) is 5.92 Å². The molecule has 0 bridgehead atoms. The van der Waals surface area contributed by atoms with Crippen molar-refractivity contribution in [2.75, 3.05) is 39.9 Å². The second kappa shape index (κ2) is 9.33. The first kappa shape index (κ1) is 19.2. The van der Waals surface area contributed by atoms with Gasteiger partial charge in [-0.15, -0.1) is 0 Å². The molecule has 6 nitrogen and oxygen atoms in total. The van der Waals surface area contributed by atoms with Crippen molar-refractivity contribution in [3.8, 4) is 0 Å². The van der Waals surface area contributed by atoms with Crippen LogP contribution in [0.5, 0.6) is 0 Å². The summed E-state index contributed by atoms with van der Waals surface area (Å²) in [5.41, 5.74) is 5.14. The Morgan fingerprint density at radius 2 is 2.18 bits per heavy atom. The molecule has 1 fully saturated rings. The number of nitrogens with two attached hydrogens (primary N) is 1. The second-order valence-corrected chi connectivity index (χ2v) is 7.07. The van der Waals surface area contributed by atoms with E-state index in [1.54, 1.807) is 7.11 Å². The average molecular weight is 315 g/mol. The minimum atomic E-state index is -0.431. The van der Waals surface area contributed by atoms with E-state index in [-0.39, 0.29) is 6.09 Å². The number of carbonyl (C=O) groups excluding carboxylic acids is 1. The molecule has 1 aliphatic rings. The van der Waals surface area contributed by atoms with Crippen molar-refractivity contribution in [3.05, 3.63) is 0 Å². The number of nitrogens with one attached hydrogen (secondary N) is 1. The molecular weight excluding hydrogens is 282 g/mol. The quantitative estimate of drug-likeness (QED) is 0.711. The molecule has 1 rings (SSSR count). The number of amides is 1. The summed E-state index contributed by atoms with van der Waals surface area (Å²) in [7, 11) is 1.72. The van der Waals surface area contributed by atoms with Gasteiger partial charge in [0.25, 0.3) is 0 Å². The van der Waals surface area contributed by atoms with Crippen LogP contribution in [0.1, 0.15) is 40.0 Å². The molecule has 2 atom stereocenters. The van der Waals surface area contributed by atoms with Crippen LogP contribution in [-0.2, 0) is 9.47 Å². The van der Waals surface area contributed by atoms with Crippen molar-refractivity contribution < 1.29 is 14.3 Å². The van der Waals surface area contributed by atoms with Gasteiger partial charge >= 0.3 is 6.09 Å². The van der Waals surface area contributed by atoms with Crippen LogP contribution in [0.15, 0.2) is 0 Å². The zero-order chi connectivity index (χ0) is 16.6. The lowest BCUT2D eigenvalue weighted by atomic mass is 10.1. The van der Waals surface area contributed by atoms with E-state index in [2.05, 4.69) is 5.32 Å². The third-order valence-electron chi connectivity index (χ3n) is 3.76. The lowest BCUT2D eigenvalue weighted by molar-refractivity contribution is 0.0288. The molecule has 0 aliphatic carbocycles. The lowest BCUT2D eigenvalue weighted by Crippen LogP contribution is -2.39. The summed E-state index contributed by atoms with van der Waals surface area (Å²) in [6.45, 7) is 9.53. The largest absolute Gasteiger partial charge is 0.444 e. The van der Waals surface area contributed by atoms with Crippen LogP contribution in [0.4, 0.5) is 4.79 Å². The van der Waals surface area contributed by atoms with Crippen LogP contribution >= 0.6 is 0 Å². The molecule has 0 saturated carbocycles. The zero-order valence-corrected chi connectivity index (χ0v) is 14.6. The zero-order valence-electron chi connectivity index (χ0n) is 14.6.